The molecule has 2 N–H and O–H groups in total. The van der Waals surface area contributed by atoms with Crippen LogP contribution in [0.1, 0.15) is 34.3 Å². The number of benzene rings is 3. The molecule has 5 rings (SSSR count). The number of nitrogens with one attached hydrogen (secondary N) is 1. The van der Waals surface area contributed by atoms with Crippen molar-refractivity contribution in [3.63, 3.8) is 0 Å². The van der Waals surface area contributed by atoms with Crippen LogP contribution in [-0.4, -0.2) is 28.7 Å². The van der Waals surface area contributed by atoms with E-state index in [4.69, 9.17) is 9.47 Å². The van der Waals surface area contributed by atoms with Gasteiger partial charge in [0.2, 0.25) is 0 Å². The van der Waals surface area contributed by atoms with Crippen molar-refractivity contribution in [3.05, 3.63) is 74.9 Å². The van der Waals surface area contributed by atoms with Crippen LogP contribution in [0.3, 0.4) is 0 Å². The van der Waals surface area contributed by atoms with Gasteiger partial charge in [0.25, 0.3) is 0 Å². The van der Waals surface area contributed by atoms with Crippen LogP contribution in [-0.2, 0) is 10.2 Å². The van der Waals surface area contributed by atoms with Gasteiger partial charge in [0, 0.05) is 0 Å². The molecule has 1 fully saturated rings. The van der Waals surface area contributed by atoms with E-state index >= 15 is 0 Å². The number of aryl methyl sites for hydroxylation is 1. The Hall–Kier alpha value is -3.07. The molecule has 1 aliphatic carbocycles. The Labute approximate surface area is 202 Å². The van der Waals surface area contributed by atoms with Gasteiger partial charge >= 0.3 is 164 Å². The van der Waals surface area contributed by atoms with Gasteiger partial charge in [-0.1, -0.05) is 0 Å². The van der Waals surface area contributed by atoms with Crippen molar-refractivity contribution in [2.75, 3.05) is 17.0 Å². The van der Waals surface area contributed by atoms with E-state index in [1.54, 1.807) is 18.2 Å². The third kappa shape index (κ3) is 3.94. The minimum absolute atomic E-state index is 0.0104. The van der Waals surface area contributed by atoms with E-state index in [1.165, 1.54) is 10.7 Å². The molecule has 0 radical (unpaired) electrons. The van der Waals surface area contributed by atoms with Crippen molar-refractivity contribution in [1.29, 1.82) is 0 Å². The smallest absolute Gasteiger partial charge is 0.478 e. The number of ether oxygens (including phenoxy) is 2. The summed E-state index contributed by atoms with van der Waals surface area (Å²) in [5.74, 6) is 0.191. The molecule has 0 atom stereocenters. The molecule has 3 aromatic carbocycles. The molecule has 170 valence electrons. The molecule has 0 unspecified atom stereocenters. The number of carboxylic acid groups (broad SMARTS) is 1. The fourth-order valence-corrected chi connectivity index (χ4v) is 6.18. The molecule has 0 spiro atoms. The molecule has 1 amide bonds. The second-order valence-corrected chi connectivity index (χ2v) is 10.9. The number of carbonyl (C=O) groups is 2. The predicted octanol–water partition coefficient (Wildman–Crippen LogP) is 1.65. The summed E-state index contributed by atoms with van der Waals surface area (Å²) in [6.07, 6.45) is 1.64. The summed E-state index contributed by atoms with van der Waals surface area (Å²) >= 11 is -0.0666. The molecule has 33 heavy (non-hydrogen) atoms. The van der Waals surface area contributed by atoms with Gasteiger partial charge in [0.15, 0.2) is 0 Å². The number of hydrogen-bond acceptors (Lipinski definition) is 4. The molecule has 0 saturated heterocycles. The zero-order valence-electron chi connectivity index (χ0n) is 18.3. The Bertz CT molecular complexity index is 1280. The number of halogens is 1. The fourth-order valence-electron chi connectivity index (χ4n) is 4.24. The number of rotatable bonds is 6. The van der Waals surface area contributed by atoms with Gasteiger partial charge in [-0.25, -0.2) is 4.79 Å². The molecule has 6 nitrogen and oxygen atoms in total. The van der Waals surface area contributed by atoms with Gasteiger partial charge in [0.1, 0.15) is 11.3 Å². The number of amides is 1. The quantitative estimate of drug-likeness (QED) is 0.357. The first-order valence-corrected chi connectivity index (χ1v) is 13.2. The van der Waals surface area contributed by atoms with Gasteiger partial charge in [-0.05, 0) is 6.07 Å². The first-order chi connectivity index (χ1) is 15.9. The standard InChI is InChI=1S/C26H23INO5/c1-15-3-6-18(13-20(15)16-4-7-19(24(29)30)22(11-16)32-2)28-25(31)26(9-10-26)17-5-8-21-23(12-17)33-14-27-21/h3-8,11-13H,9-10,14H2,1-2H3,(H,28,31)(H,29,30)/q-1. The third-order valence-corrected chi connectivity index (χ3v) is 8.65. The summed E-state index contributed by atoms with van der Waals surface area (Å²) in [4.78, 5) is 24.7. The van der Waals surface area contributed by atoms with Crippen molar-refractivity contribution in [2.24, 2.45) is 0 Å². The van der Waals surface area contributed by atoms with E-state index in [0.29, 0.717) is 11.4 Å². The minimum Gasteiger partial charge on any atom is -0.478 e. The van der Waals surface area contributed by atoms with Crippen LogP contribution in [0, 0.1) is 10.5 Å². The van der Waals surface area contributed by atoms with Crippen molar-refractivity contribution in [3.8, 4) is 22.6 Å². The summed E-state index contributed by atoms with van der Waals surface area (Å²) in [7, 11) is 1.45. The van der Waals surface area contributed by atoms with Crippen LogP contribution in [0.4, 0.5) is 5.69 Å². The van der Waals surface area contributed by atoms with Gasteiger partial charge in [0.05, 0.1) is 7.11 Å². The Morgan fingerprint density at radius 3 is 2.64 bits per heavy atom. The molecule has 2 aliphatic rings. The van der Waals surface area contributed by atoms with Gasteiger partial charge in [-0.3, -0.25) is 0 Å². The van der Waals surface area contributed by atoms with E-state index in [1.807, 2.05) is 31.2 Å². The topological polar surface area (TPSA) is 84.9 Å². The Morgan fingerprint density at radius 1 is 1.09 bits per heavy atom. The number of fused-ring (bicyclic) bond motifs is 1. The van der Waals surface area contributed by atoms with E-state index in [9.17, 15) is 14.7 Å². The number of alkyl halides is 1. The van der Waals surface area contributed by atoms with E-state index in [-0.39, 0.29) is 32.7 Å². The average Bonchev–Trinajstić information content (AvgIpc) is 3.50. The first-order valence-electron chi connectivity index (χ1n) is 10.6. The normalized spacial score (nSPS) is 15.6. The van der Waals surface area contributed by atoms with Gasteiger partial charge < -0.3 is 9.84 Å². The number of methoxy groups -OCH3 is 1. The summed E-state index contributed by atoms with van der Waals surface area (Å²) in [6, 6.07) is 17.0. The maximum atomic E-state index is 13.3. The predicted molar refractivity (Wildman–Crippen MR) is 120 cm³/mol. The number of anilines is 1. The SMILES string of the molecule is COc1cc(-c2cc(NC(=O)C3(c4ccc5c(c4)OC[I-]5)CC3)ccc2C)ccc1C(=O)O. The zero-order chi connectivity index (χ0) is 23.2. The van der Waals surface area contributed by atoms with E-state index in [2.05, 4.69) is 17.4 Å². The molecule has 7 heteroatoms. The number of carboxylic acids is 1. The molecular weight excluding hydrogens is 533 g/mol. The van der Waals surface area contributed by atoms with Crippen molar-refractivity contribution >= 4 is 17.6 Å². The van der Waals surface area contributed by atoms with Crippen LogP contribution < -0.4 is 36.0 Å². The molecule has 1 saturated carbocycles. The monoisotopic (exact) mass is 556 g/mol. The maximum absolute atomic E-state index is 13.3. The molecule has 1 aliphatic heterocycles. The van der Waals surface area contributed by atoms with Crippen LogP contribution in [0.15, 0.2) is 54.6 Å². The fraction of sp³-hybridized carbons (Fsp3) is 0.231. The number of carbonyl (C=O) groups excluding carboxylic acids is 1. The van der Waals surface area contributed by atoms with Crippen molar-refractivity contribution < 1.29 is 45.4 Å². The van der Waals surface area contributed by atoms with Crippen LogP contribution in [0.5, 0.6) is 11.5 Å². The Balaban J connectivity index is 1.42. The number of aromatic carboxylic acids is 1. The second kappa shape index (κ2) is 8.37. The van der Waals surface area contributed by atoms with Gasteiger partial charge in [-0.15, -0.1) is 0 Å². The third-order valence-electron chi connectivity index (χ3n) is 6.32. The van der Waals surface area contributed by atoms with Crippen molar-refractivity contribution in [2.45, 2.75) is 25.2 Å². The molecule has 0 aromatic heterocycles. The summed E-state index contributed by atoms with van der Waals surface area (Å²) in [6.45, 7) is 1.98. The van der Waals surface area contributed by atoms with E-state index < -0.39 is 11.4 Å². The zero-order valence-corrected chi connectivity index (χ0v) is 20.4. The van der Waals surface area contributed by atoms with Gasteiger partial charge in [-0.2, -0.15) is 0 Å². The first kappa shape index (κ1) is 21.8. The minimum atomic E-state index is -1.04. The summed E-state index contributed by atoms with van der Waals surface area (Å²) < 4.78 is 13.1. The number of hydrogen-bond donors (Lipinski definition) is 2. The Kier molecular flexibility index (Phi) is 5.52. The van der Waals surface area contributed by atoms with Crippen LogP contribution >= 0.6 is 0 Å². The van der Waals surface area contributed by atoms with E-state index in [0.717, 1.165) is 45.5 Å². The summed E-state index contributed by atoms with van der Waals surface area (Å²) in [5, 5.41) is 12.5. The second-order valence-electron chi connectivity index (χ2n) is 8.32. The summed E-state index contributed by atoms with van der Waals surface area (Å²) in [5.41, 5.74) is 4.07. The van der Waals surface area contributed by atoms with Crippen LogP contribution in [0.25, 0.3) is 11.1 Å². The molecule has 1 heterocycles. The Morgan fingerprint density at radius 2 is 1.91 bits per heavy atom. The van der Waals surface area contributed by atoms with Crippen molar-refractivity contribution in [1.82, 2.24) is 0 Å². The van der Waals surface area contributed by atoms with Crippen LogP contribution in [0.2, 0.25) is 0 Å². The molecule has 3 aromatic rings. The average molecular weight is 556 g/mol. The molecular formula is C26H23INO5-. The molecule has 0 bridgehead atoms.